The van der Waals surface area contributed by atoms with Gasteiger partial charge in [-0.3, -0.25) is 15.1 Å². The number of rotatable bonds is 7. The molecule has 10 heteroatoms. The lowest BCUT2D eigenvalue weighted by molar-refractivity contribution is -0.384. The van der Waals surface area contributed by atoms with Crippen LogP contribution in [0.1, 0.15) is 9.88 Å². The van der Waals surface area contributed by atoms with E-state index in [-0.39, 0.29) is 29.7 Å². The number of hydrogen-bond donors (Lipinski definition) is 3. The molecule has 0 aliphatic heterocycles. The molecule has 136 valence electrons. The number of nitro groups is 1. The summed E-state index contributed by atoms with van der Waals surface area (Å²) in [5.41, 5.74) is 0.921. The van der Waals surface area contributed by atoms with Crippen LogP contribution in [0.5, 0.6) is 0 Å². The number of thiazole rings is 1. The molecule has 0 amide bonds. The Bertz CT molecular complexity index is 704. The van der Waals surface area contributed by atoms with Crippen LogP contribution in [0.4, 0.5) is 11.4 Å². The van der Waals surface area contributed by atoms with Gasteiger partial charge in [0, 0.05) is 49.0 Å². The van der Waals surface area contributed by atoms with E-state index in [2.05, 4.69) is 25.9 Å². The standard InChI is InChI=1S/C15H20N6O2S.HI/c1-11-9-19-14(24-11)10-20-15(16-2)18-8-7-17-12-3-5-13(6-4-12)21(22)23;/h3-6,9,17H,7-8,10H2,1-2H3,(H2,16,18,20);1H. The van der Waals surface area contributed by atoms with Gasteiger partial charge in [-0.05, 0) is 19.1 Å². The van der Waals surface area contributed by atoms with Crippen molar-refractivity contribution in [2.75, 3.05) is 25.5 Å². The second kappa shape index (κ2) is 10.8. The minimum absolute atomic E-state index is 0. The number of hydrogen-bond acceptors (Lipinski definition) is 6. The summed E-state index contributed by atoms with van der Waals surface area (Å²) >= 11 is 1.65. The van der Waals surface area contributed by atoms with Crippen molar-refractivity contribution < 1.29 is 4.92 Å². The Labute approximate surface area is 167 Å². The average molecular weight is 476 g/mol. The van der Waals surface area contributed by atoms with Crippen LogP contribution in [0.25, 0.3) is 0 Å². The van der Waals surface area contributed by atoms with Crippen molar-refractivity contribution in [3.8, 4) is 0 Å². The third kappa shape index (κ3) is 7.22. The first-order valence-corrected chi connectivity index (χ1v) is 8.24. The highest BCUT2D eigenvalue weighted by atomic mass is 127. The molecule has 0 aliphatic carbocycles. The fourth-order valence-corrected chi connectivity index (χ4v) is 2.68. The monoisotopic (exact) mass is 476 g/mol. The molecule has 2 rings (SSSR count). The smallest absolute Gasteiger partial charge is 0.269 e. The molecule has 1 aromatic carbocycles. The number of nitrogens with one attached hydrogen (secondary N) is 3. The van der Waals surface area contributed by atoms with Crippen LogP contribution in [0.15, 0.2) is 35.5 Å². The van der Waals surface area contributed by atoms with E-state index >= 15 is 0 Å². The molecule has 0 saturated heterocycles. The number of aromatic nitrogens is 1. The van der Waals surface area contributed by atoms with E-state index in [0.717, 1.165) is 10.7 Å². The van der Waals surface area contributed by atoms with Crippen molar-refractivity contribution >= 4 is 52.6 Å². The van der Waals surface area contributed by atoms with Crippen molar-refractivity contribution in [3.63, 3.8) is 0 Å². The molecule has 0 fully saturated rings. The third-order valence-electron chi connectivity index (χ3n) is 3.12. The number of nitrogens with zero attached hydrogens (tertiary/aromatic N) is 3. The molecule has 1 heterocycles. The summed E-state index contributed by atoms with van der Waals surface area (Å²) in [5, 5.41) is 21.2. The van der Waals surface area contributed by atoms with Gasteiger partial charge in [0.25, 0.3) is 5.69 Å². The van der Waals surface area contributed by atoms with Crippen LogP contribution >= 0.6 is 35.3 Å². The molecule has 0 spiro atoms. The van der Waals surface area contributed by atoms with Gasteiger partial charge in [-0.2, -0.15) is 0 Å². The topological polar surface area (TPSA) is 104 Å². The highest BCUT2D eigenvalue weighted by molar-refractivity contribution is 14.0. The molecule has 8 nitrogen and oxygen atoms in total. The van der Waals surface area contributed by atoms with Crippen LogP contribution < -0.4 is 16.0 Å². The minimum atomic E-state index is -0.412. The summed E-state index contributed by atoms with van der Waals surface area (Å²) in [6.07, 6.45) is 1.85. The molecule has 0 atom stereocenters. The van der Waals surface area contributed by atoms with E-state index in [4.69, 9.17) is 0 Å². The zero-order valence-electron chi connectivity index (χ0n) is 14.0. The van der Waals surface area contributed by atoms with Gasteiger partial charge >= 0.3 is 0 Å². The molecular formula is C15H21IN6O2S. The maximum Gasteiger partial charge on any atom is 0.269 e. The molecule has 0 unspecified atom stereocenters. The Balaban J connectivity index is 0.00000312. The summed E-state index contributed by atoms with van der Waals surface area (Å²) < 4.78 is 0. The lowest BCUT2D eigenvalue weighted by Crippen LogP contribution is -2.39. The summed E-state index contributed by atoms with van der Waals surface area (Å²) in [6, 6.07) is 6.34. The Morgan fingerprint density at radius 3 is 2.56 bits per heavy atom. The molecule has 25 heavy (non-hydrogen) atoms. The molecule has 0 bridgehead atoms. The summed E-state index contributed by atoms with van der Waals surface area (Å²) in [4.78, 5) is 19.8. The zero-order valence-corrected chi connectivity index (χ0v) is 17.1. The van der Waals surface area contributed by atoms with Gasteiger partial charge in [0.15, 0.2) is 5.96 Å². The second-order valence-corrected chi connectivity index (χ2v) is 6.27. The minimum Gasteiger partial charge on any atom is -0.383 e. The number of aliphatic imine (C=N–C) groups is 1. The van der Waals surface area contributed by atoms with Gasteiger partial charge in [-0.25, -0.2) is 4.98 Å². The van der Waals surface area contributed by atoms with E-state index in [1.165, 1.54) is 17.0 Å². The average Bonchev–Trinajstić information content (AvgIpc) is 3.00. The van der Waals surface area contributed by atoms with Crippen molar-refractivity contribution in [2.45, 2.75) is 13.5 Å². The Morgan fingerprint density at radius 1 is 1.28 bits per heavy atom. The SMILES string of the molecule is CN=C(NCCNc1ccc([N+](=O)[O-])cc1)NCc1ncc(C)s1.I. The van der Waals surface area contributed by atoms with Crippen LogP contribution in [0.3, 0.4) is 0 Å². The lowest BCUT2D eigenvalue weighted by Gasteiger charge is -2.12. The van der Waals surface area contributed by atoms with E-state index in [1.807, 2.05) is 13.1 Å². The fraction of sp³-hybridized carbons (Fsp3) is 0.333. The quantitative estimate of drug-likeness (QED) is 0.142. The summed E-state index contributed by atoms with van der Waals surface area (Å²) in [6.45, 7) is 3.98. The first-order chi connectivity index (χ1) is 11.6. The lowest BCUT2D eigenvalue weighted by atomic mass is 10.3. The van der Waals surface area contributed by atoms with E-state index in [1.54, 1.807) is 30.5 Å². The first-order valence-electron chi connectivity index (χ1n) is 7.42. The predicted molar refractivity (Wildman–Crippen MR) is 112 cm³/mol. The first kappa shape index (κ1) is 21.1. The molecule has 1 aromatic heterocycles. The predicted octanol–water partition coefficient (Wildman–Crippen LogP) is 2.75. The van der Waals surface area contributed by atoms with Gasteiger partial charge in [-0.15, -0.1) is 35.3 Å². The van der Waals surface area contributed by atoms with Crippen LogP contribution in [0, 0.1) is 17.0 Å². The molecule has 2 aromatic rings. The molecule has 0 aliphatic rings. The fourth-order valence-electron chi connectivity index (χ4n) is 1.95. The van der Waals surface area contributed by atoms with Crippen LogP contribution in [-0.4, -0.2) is 36.0 Å². The van der Waals surface area contributed by atoms with Gasteiger partial charge < -0.3 is 16.0 Å². The van der Waals surface area contributed by atoms with Crippen molar-refractivity contribution in [3.05, 3.63) is 50.5 Å². The van der Waals surface area contributed by atoms with Crippen molar-refractivity contribution in [1.82, 2.24) is 15.6 Å². The maximum atomic E-state index is 10.6. The van der Waals surface area contributed by atoms with Gasteiger partial charge in [0.1, 0.15) is 5.01 Å². The number of anilines is 1. The highest BCUT2D eigenvalue weighted by Crippen LogP contribution is 2.14. The number of halogens is 1. The van der Waals surface area contributed by atoms with Crippen molar-refractivity contribution in [1.29, 1.82) is 0 Å². The number of non-ortho nitro benzene ring substituents is 1. The highest BCUT2D eigenvalue weighted by Gasteiger charge is 2.04. The molecule has 0 radical (unpaired) electrons. The third-order valence-corrected chi connectivity index (χ3v) is 4.04. The van der Waals surface area contributed by atoms with Gasteiger partial charge in [0.2, 0.25) is 0 Å². The zero-order chi connectivity index (χ0) is 17.4. The number of nitro benzene ring substituents is 1. The van der Waals surface area contributed by atoms with Crippen molar-refractivity contribution in [2.24, 2.45) is 4.99 Å². The summed E-state index contributed by atoms with van der Waals surface area (Å²) in [5.74, 6) is 0.702. The maximum absolute atomic E-state index is 10.6. The second-order valence-electron chi connectivity index (χ2n) is 4.95. The van der Waals surface area contributed by atoms with Gasteiger partial charge in [-0.1, -0.05) is 0 Å². The Morgan fingerprint density at radius 2 is 2.00 bits per heavy atom. The number of guanidine groups is 1. The Kier molecular flexibility index (Phi) is 9.13. The molecular weight excluding hydrogens is 455 g/mol. The number of aryl methyl sites for hydroxylation is 1. The van der Waals surface area contributed by atoms with Gasteiger partial charge in [0.05, 0.1) is 11.5 Å². The molecule has 3 N–H and O–H groups in total. The van der Waals surface area contributed by atoms with E-state index in [9.17, 15) is 10.1 Å². The largest absolute Gasteiger partial charge is 0.383 e. The number of benzene rings is 1. The Hall–Kier alpha value is -1.95. The normalized spacial score (nSPS) is 10.7. The van der Waals surface area contributed by atoms with E-state index in [0.29, 0.717) is 25.6 Å². The summed E-state index contributed by atoms with van der Waals surface area (Å²) in [7, 11) is 1.71. The van der Waals surface area contributed by atoms with Crippen LogP contribution in [0.2, 0.25) is 0 Å². The van der Waals surface area contributed by atoms with E-state index < -0.39 is 4.92 Å². The van der Waals surface area contributed by atoms with Crippen LogP contribution in [-0.2, 0) is 6.54 Å². The molecule has 0 saturated carbocycles.